The Labute approximate surface area is 119 Å². The Balaban J connectivity index is 2.10. The number of likely N-dealkylation sites (N-methyl/N-ethyl adjacent to an activating group) is 1. The van der Waals surface area contributed by atoms with E-state index in [1.54, 1.807) is 12.3 Å². The van der Waals surface area contributed by atoms with Gasteiger partial charge in [-0.3, -0.25) is 4.90 Å². The van der Waals surface area contributed by atoms with Gasteiger partial charge in [-0.05, 0) is 25.6 Å². The number of anilines is 1. The summed E-state index contributed by atoms with van der Waals surface area (Å²) in [5.41, 5.74) is 6.01. The summed E-state index contributed by atoms with van der Waals surface area (Å²) in [5.74, 6) is 0.650. The monoisotopic (exact) mass is 278 g/mol. The molecule has 20 heavy (non-hydrogen) atoms. The van der Waals surface area contributed by atoms with E-state index in [1.165, 1.54) is 0 Å². The van der Waals surface area contributed by atoms with Gasteiger partial charge in [0.2, 0.25) is 5.95 Å². The molecule has 7 nitrogen and oxygen atoms in total. The summed E-state index contributed by atoms with van der Waals surface area (Å²) < 4.78 is 0. The minimum atomic E-state index is 0.00754. The third kappa shape index (κ3) is 2.98. The molecule has 2 heterocycles. The van der Waals surface area contributed by atoms with Gasteiger partial charge in [0.15, 0.2) is 5.84 Å². The predicted octanol–water partition coefficient (Wildman–Crippen LogP) is 0.492. The van der Waals surface area contributed by atoms with Crippen LogP contribution in [0.1, 0.15) is 26.0 Å². The molecule has 0 radical (unpaired) electrons. The molecule has 0 spiro atoms. The van der Waals surface area contributed by atoms with Crippen molar-refractivity contribution in [3.63, 3.8) is 0 Å². The van der Waals surface area contributed by atoms with Gasteiger partial charge in [-0.15, -0.1) is 0 Å². The van der Waals surface area contributed by atoms with Crippen LogP contribution in [-0.2, 0) is 0 Å². The Morgan fingerprint density at radius 1 is 1.55 bits per heavy atom. The molecule has 1 fully saturated rings. The smallest absolute Gasteiger partial charge is 0.226 e. The lowest BCUT2D eigenvalue weighted by molar-refractivity contribution is 0.232. The Morgan fingerprint density at radius 2 is 2.30 bits per heavy atom. The number of rotatable bonds is 5. The second kappa shape index (κ2) is 6.51. The molecule has 1 aliphatic heterocycles. The highest BCUT2D eigenvalue weighted by Crippen LogP contribution is 2.19. The second-order valence-corrected chi connectivity index (χ2v) is 4.84. The van der Waals surface area contributed by atoms with Gasteiger partial charge >= 0.3 is 0 Å². The molecule has 1 unspecified atom stereocenters. The molecule has 2 rings (SSSR count). The Hall–Kier alpha value is -1.89. The molecule has 1 atom stereocenters. The summed E-state index contributed by atoms with van der Waals surface area (Å²) in [4.78, 5) is 13.2. The first-order valence-electron chi connectivity index (χ1n) is 6.99. The highest BCUT2D eigenvalue weighted by atomic mass is 16.4. The van der Waals surface area contributed by atoms with Crippen molar-refractivity contribution in [1.29, 1.82) is 0 Å². The van der Waals surface area contributed by atoms with Crippen LogP contribution in [0.25, 0.3) is 0 Å². The van der Waals surface area contributed by atoms with E-state index in [2.05, 4.69) is 38.8 Å². The normalized spacial score (nSPS) is 19.9. The topological polar surface area (TPSA) is 90.9 Å². The van der Waals surface area contributed by atoms with Gasteiger partial charge in [0.25, 0.3) is 0 Å². The van der Waals surface area contributed by atoms with Crippen molar-refractivity contribution < 1.29 is 5.21 Å². The Bertz CT molecular complexity index is 474. The first-order chi connectivity index (χ1) is 9.69. The van der Waals surface area contributed by atoms with Crippen molar-refractivity contribution in [3.8, 4) is 0 Å². The lowest BCUT2D eigenvalue weighted by atomic mass is 10.2. The van der Waals surface area contributed by atoms with E-state index in [0.717, 1.165) is 32.6 Å². The van der Waals surface area contributed by atoms with Crippen LogP contribution in [0, 0.1) is 0 Å². The minimum absolute atomic E-state index is 0.00754. The van der Waals surface area contributed by atoms with Crippen molar-refractivity contribution in [3.05, 3.63) is 18.0 Å². The number of hydrogen-bond donors (Lipinski definition) is 2. The zero-order valence-electron chi connectivity index (χ0n) is 12.0. The summed E-state index contributed by atoms with van der Waals surface area (Å²) in [5, 5.41) is 11.7. The average molecular weight is 278 g/mol. The molecule has 1 aromatic heterocycles. The summed E-state index contributed by atoms with van der Waals surface area (Å²) in [6.07, 6.45) is 2.75. The van der Waals surface area contributed by atoms with Gasteiger partial charge < -0.3 is 15.8 Å². The predicted molar refractivity (Wildman–Crippen MR) is 78.1 cm³/mol. The molecular formula is C13H22N6O. The van der Waals surface area contributed by atoms with Gasteiger partial charge in [-0.1, -0.05) is 19.0 Å². The maximum absolute atomic E-state index is 8.71. The molecule has 0 aromatic carbocycles. The zero-order valence-corrected chi connectivity index (χ0v) is 12.0. The zero-order chi connectivity index (χ0) is 14.5. The van der Waals surface area contributed by atoms with Crippen molar-refractivity contribution in [2.75, 3.05) is 31.1 Å². The molecule has 0 saturated carbocycles. The summed E-state index contributed by atoms with van der Waals surface area (Å²) in [7, 11) is 0. The van der Waals surface area contributed by atoms with Crippen LogP contribution in [0.2, 0.25) is 0 Å². The average Bonchev–Trinajstić information content (AvgIpc) is 2.97. The fraction of sp³-hybridized carbons (Fsp3) is 0.615. The summed E-state index contributed by atoms with van der Waals surface area (Å²) in [6.45, 7) is 8.32. The van der Waals surface area contributed by atoms with Crippen LogP contribution in [0.4, 0.5) is 5.95 Å². The molecule has 3 N–H and O–H groups in total. The number of oxime groups is 1. The Morgan fingerprint density at radius 3 is 2.95 bits per heavy atom. The second-order valence-electron chi connectivity index (χ2n) is 4.84. The lowest BCUT2D eigenvalue weighted by Crippen LogP contribution is -2.37. The van der Waals surface area contributed by atoms with Gasteiger partial charge in [0, 0.05) is 25.3 Å². The van der Waals surface area contributed by atoms with Crippen molar-refractivity contribution in [2.24, 2.45) is 10.9 Å². The van der Waals surface area contributed by atoms with E-state index in [0.29, 0.717) is 17.7 Å². The van der Waals surface area contributed by atoms with Gasteiger partial charge in [0.05, 0.1) is 0 Å². The maximum atomic E-state index is 8.71. The van der Waals surface area contributed by atoms with Crippen molar-refractivity contribution in [1.82, 2.24) is 14.9 Å². The molecule has 0 amide bonds. The molecule has 7 heteroatoms. The Kier molecular flexibility index (Phi) is 4.73. The van der Waals surface area contributed by atoms with E-state index >= 15 is 0 Å². The molecule has 1 aromatic rings. The van der Waals surface area contributed by atoms with E-state index in [-0.39, 0.29) is 5.84 Å². The molecule has 1 aliphatic rings. The maximum Gasteiger partial charge on any atom is 0.226 e. The minimum Gasteiger partial charge on any atom is -0.409 e. The van der Waals surface area contributed by atoms with E-state index in [9.17, 15) is 0 Å². The number of hydrogen-bond acceptors (Lipinski definition) is 6. The largest absolute Gasteiger partial charge is 0.409 e. The van der Waals surface area contributed by atoms with Crippen LogP contribution in [0.15, 0.2) is 17.4 Å². The van der Waals surface area contributed by atoms with E-state index in [1.807, 2.05) is 0 Å². The molecule has 110 valence electrons. The quantitative estimate of drug-likeness (QED) is 0.352. The van der Waals surface area contributed by atoms with Crippen LogP contribution >= 0.6 is 0 Å². The highest BCUT2D eigenvalue weighted by Gasteiger charge is 2.27. The van der Waals surface area contributed by atoms with Gasteiger partial charge in [0.1, 0.15) is 5.69 Å². The lowest BCUT2D eigenvalue weighted by Gasteiger charge is -2.26. The van der Waals surface area contributed by atoms with Gasteiger partial charge in [-0.2, -0.15) is 0 Å². The first-order valence-corrected chi connectivity index (χ1v) is 6.99. The summed E-state index contributed by atoms with van der Waals surface area (Å²) in [6, 6.07) is 2.18. The third-order valence-corrected chi connectivity index (χ3v) is 3.79. The molecule has 0 bridgehead atoms. The first kappa shape index (κ1) is 14.5. The van der Waals surface area contributed by atoms with Crippen LogP contribution < -0.4 is 10.6 Å². The molecule has 1 saturated heterocycles. The number of nitrogens with two attached hydrogens (primary N) is 1. The SMILES string of the molecule is CCN(CC)C1CCN(c2nccc(/C(N)=N/O)n2)C1. The van der Waals surface area contributed by atoms with Crippen LogP contribution in [0.5, 0.6) is 0 Å². The van der Waals surface area contributed by atoms with E-state index in [4.69, 9.17) is 10.9 Å². The molecule has 0 aliphatic carbocycles. The fourth-order valence-corrected chi connectivity index (χ4v) is 2.66. The number of aromatic nitrogens is 2. The van der Waals surface area contributed by atoms with Gasteiger partial charge in [-0.25, -0.2) is 9.97 Å². The van der Waals surface area contributed by atoms with Crippen molar-refractivity contribution >= 4 is 11.8 Å². The number of amidine groups is 1. The third-order valence-electron chi connectivity index (χ3n) is 3.79. The molecular weight excluding hydrogens is 256 g/mol. The highest BCUT2D eigenvalue weighted by molar-refractivity contribution is 5.95. The number of nitrogens with zero attached hydrogens (tertiary/aromatic N) is 5. The van der Waals surface area contributed by atoms with E-state index < -0.39 is 0 Å². The standard InChI is InChI=1S/C13H22N6O/c1-3-18(4-2)10-6-8-19(9-10)13-15-7-5-11(16-13)12(14)17-20/h5,7,10,20H,3-4,6,8-9H2,1-2H3,(H2,14,17). The summed E-state index contributed by atoms with van der Waals surface area (Å²) >= 11 is 0. The fourth-order valence-electron chi connectivity index (χ4n) is 2.66. The van der Waals surface area contributed by atoms with Crippen LogP contribution in [-0.4, -0.2) is 58.1 Å². The van der Waals surface area contributed by atoms with Crippen molar-refractivity contribution in [2.45, 2.75) is 26.3 Å². The van der Waals surface area contributed by atoms with Crippen LogP contribution in [0.3, 0.4) is 0 Å².